The zero-order valence-electron chi connectivity index (χ0n) is 13.1. The van der Waals surface area contributed by atoms with Gasteiger partial charge in [-0.2, -0.15) is 0 Å². The Morgan fingerprint density at radius 2 is 2.04 bits per heavy atom. The molecule has 0 saturated heterocycles. The molecule has 1 amide bonds. The molecule has 7 heteroatoms. The average Bonchev–Trinajstić information content (AvgIpc) is 2.57. The number of amides is 1. The van der Waals surface area contributed by atoms with E-state index >= 15 is 0 Å². The summed E-state index contributed by atoms with van der Waals surface area (Å²) in [6, 6.07) is 7.99. The van der Waals surface area contributed by atoms with E-state index in [2.05, 4.69) is 15.3 Å². The molecule has 7 nitrogen and oxygen atoms in total. The molecule has 0 radical (unpaired) electrons. The van der Waals surface area contributed by atoms with Gasteiger partial charge in [-0.05, 0) is 31.7 Å². The zero-order valence-corrected chi connectivity index (χ0v) is 13.1. The highest BCUT2D eigenvalue weighted by atomic mass is 16.5. The maximum Gasteiger partial charge on any atom is 0.251 e. The van der Waals surface area contributed by atoms with Crippen molar-refractivity contribution in [1.29, 1.82) is 0 Å². The smallest absolute Gasteiger partial charge is 0.251 e. The average molecular weight is 329 g/mol. The second-order valence-corrected chi connectivity index (χ2v) is 5.85. The van der Waals surface area contributed by atoms with Gasteiger partial charge in [0.05, 0.1) is 5.56 Å². The van der Waals surface area contributed by atoms with Gasteiger partial charge in [0.15, 0.2) is 5.88 Å². The van der Waals surface area contributed by atoms with Gasteiger partial charge in [0.25, 0.3) is 11.5 Å². The first-order valence-corrected chi connectivity index (χ1v) is 7.92. The van der Waals surface area contributed by atoms with Crippen LogP contribution in [0, 0.1) is 0 Å². The lowest BCUT2D eigenvalue weighted by molar-refractivity contribution is 0.0889. The Balaban J connectivity index is 1.51. The fourth-order valence-corrected chi connectivity index (χ4v) is 2.84. The molecule has 126 valence electrons. The molecular formula is C17H19N3O4. The number of aromatic nitrogens is 2. The second-order valence-electron chi connectivity index (χ2n) is 5.85. The molecule has 2 aromatic heterocycles. The van der Waals surface area contributed by atoms with E-state index < -0.39 is 5.56 Å². The number of nitrogens with zero attached hydrogens (tertiary/aromatic N) is 1. The molecule has 1 aliphatic rings. The minimum atomic E-state index is -0.507. The number of pyridine rings is 2. The van der Waals surface area contributed by atoms with Crippen molar-refractivity contribution in [1.82, 2.24) is 15.3 Å². The normalized spacial score (nSPS) is 20.3. The first-order valence-electron chi connectivity index (χ1n) is 7.92. The third-order valence-electron chi connectivity index (χ3n) is 4.03. The van der Waals surface area contributed by atoms with Crippen LogP contribution in [0.4, 0.5) is 0 Å². The highest BCUT2D eigenvalue weighted by Gasteiger charge is 2.24. The molecule has 0 atom stereocenters. The van der Waals surface area contributed by atoms with Gasteiger partial charge in [-0.3, -0.25) is 14.6 Å². The van der Waals surface area contributed by atoms with E-state index in [4.69, 9.17) is 4.74 Å². The molecule has 2 heterocycles. The minimum absolute atomic E-state index is 0.0301. The quantitative estimate of drug-likeness (QED) is 0.790. The summed E-state index contributed by atoms with van der Waals surface area (Å²) in [6.07, 6.45) is 5.01. The van der Waals surface area contributed by atoms with E-state index in [1.54, 1.807) is 6.20 Å². The van der Waals surface area contributed by atoms with Gasteiger partial charge in [0, 0.05) is 30.4 Å². The lowest BCUT2D eigenvalue weighted by Crippen LogP contribution is -2.40. The van der Waals surface area contributed by atoms with Gasteiger partial charge >= 0.3 is 0 Å². The van der Waals surface area contributed by atoms with E-state index in [9.17, 15) is 14.7 Å². The van der Waals surface area contributed by atoms with E-state index in [0.717, 1.165) is 25.7 Å². The molecule has 0 unspecified atom stereocenters. The molecule has 3 rings (SSSR count). The van der Waals surface area contributed by atoms with E-state index in [1.165, 1.54) is 12.1 Å². The van der Waals surface area contributed by atoms with Crippen molar-refractivity contribution in [2.24, 2.45) is 0 Å². The van der Waals surface area contributed by atoms with Crippen molar-refractivity contribution < 1.29 is 14.6 Å². The highest BCUT2D eigenvalue weighted by molar-refractivity contribution is 5.94. The number of hydrogen-bond acceptors (Lipinski definition) is 5. The number of carbonyl (C=O) groups excluding carboxylic acids is 1. The van der Waals surface area contributed by atoms with Crippen LogP contribution in [-0.4, -0.2) is 33.1 Å². The van der Waals surface area contributed by atoms with Crippen molar-refractivity contribution in [3.63, 3.8) is 0 Å². The Kier molecular flexibility index (Phi) is 4.79. The van der Waals surface area contributed by atoms with Gasteiger partial charge < -0.3 is 15.2 Å². The molecule has 0 spiro atoms. The van der Waals surface area contributed by atoms with E-state index in [-0.39, 0.29) is 29.5 Å². The van der Waals surface area contributed by atoms with Gasteiger partial charge in [-0.1, -0.05) is 6.07 Å². The SMILES string of the molecule is O=C(NC1CCC(Oc2ccccn2)CC1)c1cc(O)[nH]c(=O)c1. The summed E-state index contributed by atoms with van der Waals surface area (Å²) in [6.45, 7) is 0. The number of aromatic hydroxyl groups is 1. The summed E-state index contributed by atoms with van der Waals surface area (Å²) in [5.41, 5.74) is -0.351. The van der Waals surface area contributed by atoms with E-state index in [0.29, 0.717) is 5.88 Å². The van der Waals surface area contributed by atoms with Crippen LogP contribution in [0.1, 0.15) is 36.0 Å². The van der Waals surface area contributed by atoms with Crippen LogP contribution in [0.25, 0.3) is 0 Å². The first-order chi connectivity index (χ1) is 11.6. The number of nitrogens with one attached hydrogen (secondary N) is 2. The van der Waals surface area contributed by atoms with Crippen LogP contribution in [-0.2, 0) is 0 Å². The van der Waals surface area contributed by atoms with Crippen LogP contribution in [0.2, 0.25) is 0 Å². The Labute approximate surface area is 138 Å². The summed E-state index contributed by atoms with van der Waals surface area (Å²) in [5, 5.41) is 12.3. The molecular weight excluding hydrogens is 310 g/mol. The number of ether oxygens (including phenoxy) is 1. The Morgan fingerprint density at radius 3 is 2.71 bits per heavy atom. The van der Waals surface area contributed by atoms with Gasteiger partial charge in [0.1, 0.15) is 6.10 Å². The fraction of sp³-hybridized carbons (Fsp3) is 0.353. The fourth-order valence-electron chi connectivity index (χ4n) is 2.84. The number of rotatable bonds is 4. The first kappa shape index (κ1) is 16.0. The molecule has 1 aliphatic carbocycles. The standard InChI is InChI=1S/C17H19N3O4/c21-14-9-11(10-15(22)20-14)17(23)19-12-4-6-13(7-5-12)24-16-3-1-2-8-18-16/h1-3,8-10,12-13H,4-7H2,(H,19,23)(H2,20,21,22). The van der Waals surface area contributed by atoms with Crippen molar-refractivity contribution in [3.8, 4) is 11.8 Å². The highest BCUT2D eigenvalue weighted by Crippen LogP contribution is 2.23. The minimum Gasteiger partial charge on any atom is -0.494 e. The van der Waals surface area contributed by atoms with Crippen molar-refractivity contribution >= 4 is 5.91 Å². The maximum atomic E-state index is 12.2. The zero-order chi connectivity index (χ0) is 16.9. The molecule has 0 aliphatic heterocycles. The predicted octanol–water partition coefficient (Wildman–Crippen LogP) is 1.60. The Hall–Kier alpha value is -2.83. The monoisotopic (exact) mass is 329 g/mol. The van der Waals surface area contributed by atoms with Crippen LogP contribution < -0.4 is 15.6 Å². The third-order valence-corrected chi connectivity index (χ3v) is 4.03. The third kappa shape index (κ3) is 4.13. The molecule has 2 aromatic rings. The summed E-state index contributed by atoms with van der Waals surface area (Å²) in [7, 11) is 0. The molecule has 0 aromatic carbocycles. The molecule has 1 fully saturated rings. The number of H-pyrrole nitrogens is 1. The molecule has 0 bridgehead atoms. The lowest BCUT2D eigenvalue weighted by atomic mass is 9.92. The summed E-state index contributed by atoms with van der Waals surface area (Å²) >= 11 is 0. The predicted molar refractivity (Wildman–Crippen MR) is 87.1 cm³/mol. The Morgan fingerprint density at radius 1 is 1.25 bits per heavy atom. The summed E-state index contributed by atoms with van der Waals surface area (Å²) < 4.78 is 5.82. The number of carbonyl (C=O) groups is 1. The molecule has 3 N–H and O–H groups in total. The van der Waals surface area contributed by atoms with Gasteiger partial charge in [-0.25, -0.2) is 4.98 Å². The number of aromatic amines is 1. The van der Waals surface area contributed by atoms with Gasteiger partial charge in [0.2, 0.25) is 5.88 Å². The molecule has 24 heavy (non-hydrogen) atoms. The van der Waals surface area contributed by atoms with E-state index in [1.807, 2.05) is 18.2 Å². The topological polar surface area (TPSA) is 104 Å². The summed E-state index contributed by atoms with van der Waals surface area (Å²) in [5.74, 6) is -0.0606. The Bertz CT molecular complexity index is 752. The molecule has 1 saturated carbocycles. The van der Waals surface area contributed by atoms with Crippen LogP contribution >= 0.6 is 0 Å². The van der Waals surface area contributed by atoms with Crippen molar-refractivity contribution in [2.75, 3.05) is 0 Å². The summed E-state index contributed by atoms with van der Waals surface area (Å²) in [4.78, 5) is 29.8. The largest absolute Gasteiger partial charge is 0.494 e. The second kappa shape index (κ2) is 7.16. The maximum absolute atomic E-state index is 12.2. The lowest BCUT2D eigenvalue weighted by Gasteiger charge is -2.29. The van der Waals surface area contributed by atoms with Crippen LogP contribution in [0.5, 0.6) is 11.8 Å². The van der Waals surface area contributed by atoms with Crippen molar-refractivity contribution in [2.45, 2.75) is 37.8 Å². The number of hydrogen-bond donors (Lipinski definition) is 3. The van der Waals surface area contributed by atoms with Crippen LogP contribution in [0.3, 0.4) is 0 Å². The van der Waals surface area contributed by atoms with Crippen LogP contribution in [0.15, 0.2) is 41.3 Å². The van der Waals surface area contributed by atoms with Gasteiger partial charge in [-0.15, -0.1) is 0 Å². The van der Waals surface area contributed by atoms with Crippen molar-refractivity contribution in [3.05, 3.63) is 52.4 Å².